The SMILES string of the molecule is COc1cncc(C(CC(=O)O)n2ccc(CCCc3ccc4c(c3)NCCCC4)n2)c1. The van der Waals surface area contributed by atoms with Gasteiger partial charge in [0.1, 0.15) is 5.75 Å². The highest BCUT2D eigenvalue weighted by atomic mass is 16.5. The summed E-state index contributed by atoms with van der Waals surface area (Å²) in [6, 6.07) is 10.1. The van der Waals surface area contributed by atoms with Crippen molar-refractivity contribution < 1.29 is 14.6 Å². The van der Waals surface area contributed by atoms with E-state index in [1.807, 2.05) is 18.3 Å². The van der Waals surface area contributed by atoms with Gasteiger partial charge in [0, 0.05) is 24.6 Å². The molecule has 0 saturated carbocycles. The van der Waals surface area contributed by atoms with Crippen LogP contribution >= 0.6 is 0 Å². The molecule has 0 bridgehead atoms. The van der Waals surface area contributed by atoms with Crippen molar-refractivity contribution in [1.29, 1.82) is 0 Å². The van der Waals surface area contributed by atoms with Crippen molar-refractivity contribution in [3.05, 3.63) is 71.3 Å². The number of carboxylic acid groups (broad SMARTS) is 1. The number of carboxylic acids is 1. The molecule has 1 unspecified atom stereocenters. The molecule has 32 heavy (non-hydrogen) atoms. The normalized spacial score (nSPS) is 14.2. The Bertz CT molecular complexity index is 1060. The third-order valence-corrected chi connectivity index (χ3v) is 5.97. The van der Waals surface area contributed by atoms with Crippen LogP contribution in [0.5, 0.6) is 5.75 Å². The topological polar surface area (TPSA) is 89.3 Å². The Morgan fingerprint density at radius 3 is 2.97 bits per heavy atom. The number of rotatable bonds is 9. The molecule has 7 nitrogen and oxygen atoms in total. The highest BCUT2D eigenvalue weighted by Crippen LogP contribution is 2.25. The number of methoxy groups -OCH3 is 1. The van der Waals surface area contributed by atoms with E-state index < -0.39 is 12.0 Å². The molecule has 0 fully saturated rings. The van der Waals surface area contributed by atoms with Crippen molar-refractivity contribution in [2.45, 2.75) is 51.0 Å². The monoisotopic (exact) mass is 434 g/mol. The van der Waals surface area contributed by atoms with Crippen LogP contribution in [0, 0.1) is 0 Å². The summed E-state index contributed by atoms with van der Waals surface area (Å²) in [5.41, 5.74) is 5.76. The summed E-state index contributed by atoms with van der Waals surface area (Å²) >= 11 is 0. The van der Waals surface area contributed by atoms with Gasteiger partial charge in [-0.25, -0.2) is 0 Å². The Morgan fingerprint density at radius 1 is 1.22 bits per heavy atom. The van der Waals surface area contributed by atoms with E-state index in [4.69, 9.17) is 4.74 Å². The molecule has 0 radical (unpaired) electrons. The number of aryl methyl sites for hydroxylation is 3. The number of nitrogens with one attached hydrogen (secondary N) is 1. The predicted octanol–water partition coefficient (Wildman–Crippen LogP) is 4.27. The summed E-state index contributed by atoms with van der Waals surface area (Å²) in [6.07, 6.45) is 11.5. The zero-order valence-electron chi connectivity index (χ0n) is 18.5. The van der Waals surface area contributed by atoms with Crippen LogP contribution in [-0.2, 0) is 24.1 Å². The Morgan fingerprint density at radius 2 is 2.12 bits per heavy atom. The molecule has 2 N–H and O–H groups in total. The summed E-state index contributed by atoms with van der Waals surface area (Å²) in [4.78, 5) is 15.6. The quantitative estimate of drug-likeness (QED) is 0.523. The fourth-order valence-electron chi connectivity index (χ4n) is 4.24. The summed E-state index contributed by atoms with van der Waals surface area (Å²) < 4.78 is 6.97. The lowest BCUT2D eigenvalue weighted by Gasteiger charge is -2.16. The van der Waals surface area contributed by atoms with Crippen LogP contribution in [0.15, 0.2) is 48.9 Å². The first-order valence-electron chi connectivity index (χ1n) is 11.2. The molecule has 0 amide bonds. The second-order valence-corrected chi connectivity index (χ2v) is 8.29. The number of hydrogen-bond donors (Lipinski definition) is 2. The summed E-state index contributed by atoms with van der Waals surface area (Å²) in [7, 11) is 1.57. The van der Waals surface area contributed by atoms with E-state index in [0.29, 0.717) is 5.75 Å². The summed E-state index contributed by atoms with van der Waals surface area (Å²) in [5.74, 6) is -0.285. The lowest BCUT2D eigenvalue weighted by atomic mass is 10.0. The number of carbonyl (C=O) groups is 1. The van der Waals surface area contributed by atoms with Crippen molar-refractivity contribution in [2.75, 3.05) is 19.0 Å². The van der Waals surface area contributed by atoms with Gasteiger partial charge in [0.2, 0.25) is 0 Å². The number of ether oxygens (including phenoxy) is 1. The lowest BCUT2D eigenvalue weighted by molar-refractivity contribution is -0.137. The maximum Gasteiger partial charge on any atom is 0.305 e. The number of hydrogen-bond acceptors (Lipinski definition) is 5. The molecular weight excluding hydrogens is 404 g/mol. The molecular formula is C25H30N4O3. The number of aliphatic carboxylic acids is 1. The molecule has 1 atom stereocenters. The predicted molar refractivity (Wildman–Crippen MR) is 123 cm³/mol. The smallest absolute Gasteiger partial charge is 0.305 e. The van der Waals surface area contributed by atoms with Crippen molar-refractivity contribution in [1.82, 2.24) is 14.8 Å². The number of aromatic nitrogens is 3. The Hall–Kier alpha value is -3.35. The van der Waals surface area contributed by atoms with Crippen LogP contribution in [-0.4, -0.2) is 39.5 Å². The molecule has 4 rings (SSSR count). The average Bonchev–Trinajstić information content (AvgIpc) is 3.14. The van der Waals surface area contributed by atoms with E-state index in [1.165, 1.54) is 29.7 Å². The molecule has 7 heteroatoms. The largest absolute Gasteiger partial charge is 0.495 e. The van der Waals surface area contributed by atoms with Gasteiger partial charge in [0.15, 0.2) is 0 Å². The number of pyridine rings is 1. The third-order valence-electron chi connectivity index (χ3n) is 5.97. The first kappa shape index (κ1) is 21.9. The van der Waals surface area contributed by atoms with Crippen LogP contribution in [0.4, 0.5) is 5.69 Å². The highest BCUT2D eigenvalue weighted by molar-refractivity contribution is 5.68. The number of benzene rings is 1. The van der Waals surface area contributed by atoms with Crippen LogP contribution in [0.1, 0.15) is 54.1 Å². The number of fused-ring (bicyclic) bond motifs is 1. The molecule has 168 valence electrons. The van der Waals surface area contributed by atoms with Gasteiger partial charge in [0.25, 0.3) is 0 Å². The van der Waals surface area contributed by atoms with Gasteiger partial charge in [0.05, 0.1) is 31.5 Å². The summed E-state index contributed by atoms with van der Waals surface area (Å²) in [5, 5.41) is 17.6. The van der Waals surface area contributed by atoms with E-state index in [9.17, 15) is 9.90 Å². The first-order valence-corrected chi connectivity index (χ1v) is 11.2. The van der Waals surface area contributed by atoms with Gasteiger partial charge in [-0.05, 0) is 73.4 Å². The van der Waals surface area contributed by atoms with E-state index in [2.05, 4.69) is 33.6 Å². The van der Waals surface area contributed by atoms with Gasteiger partial charge in [-0.3, -0.25) is 14.5 Å². The Labute approximate surface area is 188 Å². The van der Waals surface area contributed by atoms with Crippen LogP contribution < -0.4 is 10.1 Å². The molecule has 3 heterocycles. The highest BCUT2D eigenvalue weighted by Gasteiger charge is 2.20. The van der Waals surface area contributed by atoms with Crippen molar-refractivity contribution in [3.63, 3.8) is 0 Å². The zero-order chi connectivity index (χ0) is 22.3. The van der Waals surface area contributed by atoms with Crippen molar-refractivity contribution in [2.24, 2.45) is 0 Å². The molecule has 0 aliphatic carbocycles. The van der Waals surface area contributed by atoms with E-state index in [1.54, 1.807) is 24.2 Å². The molecule has 1 aliphatic heterocycles. The van der Waals surface area contributed by atoms with Gasteiger partial charge in [-0.15, -0.1) is 0 Å². The second-order valence-electron chi connectivity index (χ2n) is 8.29. The molecule has 3 aromatic rings. The maximum absolute atomic E-state index is 11.5. The van der Waals surface area contributed by atoms with Crippen molar-refractivity contribution in [3.8, 4) is 5.75 Å². The maximum atomic E-state index is 11.5. The van der Waals surface area contributed by atoms with E-state index in [-0.39, 0.29) is 6.42 Å². The van der Waals surface area contributed by atoms with Crippen LogP contribution in [0.2, 0.25) is 0 Å². The fraction of sp³-hybridized carbons (Fsp3) is 0.400. The van der Waals surface area contributed by atoms with Gasteiger partial charge in [-0.2, -0.15) is 5.10 Å². The molecule has 1 aliphatic rings. The van der Waals surface area contributed by atoms with Crippen LogP contribution in [0.25, 0.3) is 0 Å². The minimum atomic E-state index is -0.883. The van der Waals surface area contributed by atoms with Gasteiger partial charge >= 0.3 is 5.97 Å². The second kappa shape index (κ2) is 10.3. The minimum Gasteiger partial charge on any atom is -0.495 e. The fourth-order valence-corrected chi connectivity index (χ4v) is 4.24. The van der Waals surface area contributed by atoms with Gasteiger partial charge < -0.3 is 15.2 Å². The number of anilines is 1. The molecule has 1 aromatic carbocycles. The summed E-state index contributed by atoms with van der Waals surface area (Å²) in [6.45, 7) is 1.05. The van der Waals surface area contributed by atoms with E-state index >= 15 is 0 Å². The Balaban J connectivity index is 1.41. The Kier molecular flexibility index (Phi) is 7.04. The van der Waals surface area contributed by atoms with E-state index in [0.717, 1.165) is 43.5 Å². The molecule has 0 saturated heterocycles. The molecule has 2 aromatic heterocycles. The first-order chi connectivity index (χ1) is 15.6. The minimum absolute atomic E-state index is 0.0713. The lowest BCUT2D eigenvalue weighted by Crippen LogP contribution is -2.16. The zero-order valence-corrected chi connectivity index (χ0v) is 18.5. The van der Waals surface area contributed by atoms with Crippen LogP contribution in [0.3, 0.4) is 0 Å². The van der Waals surface area contributed by atoms with Crippen molar-refractivity contribution >= 4 is 11.7 Å². The standard InChI is InChI=1S/C25H30N4O3/c1-32-22-14-20(16-26-17-22)24(15-25(30)31)29-12-10-21(28-29)7-4-5-18-8-9-19-6-2-3-11-27-23(19)13-18/h8-10,12-14,16-17,24,27H,2-7,11,15H2,1H3,(H,30,31). The van der Waals surface area contributed by atoms with Gasteiger partial charge in [-0.1, -0.05) is 12.1 Å². The molecule has 0 spiro atoms. The number of nitrogens with zero attached hydrogens (tertiary/aromatic N) is 3. The average molecular weight is 435 g/mol. The third kappa shape index (κ3) is 5.46.